The minimum absolute atomic E-state index is 1.15. The predicted octanol–water partition coefficient (Wildman–Crippen LogP) is 16.8. The molecule has 1 aliphatic carbocycles. The Balaban J connectivity index is 0.830. The van der Waals surface area contributed by atoms with E-state index in [0.717, 1.165) is 11.4 Å². The van der Waals surface area contributed by atoms with Crippen molar-refractivity contribution in [2.24, 2.45) is 0 Å². The summed E-state index contributed by atoms with van der Waals surface area (Å²) in [5.74, 6) is 0. The van der Waals surface area contributed by atoms with E-state index >= 15 is 0 Å². The number of benzene rings is 11. The molecule has 0 spiro atoms. The molecular formula is C62H38N2. The number of nitrogens with zero attached hydrogens (tertiary/aromatic N) is 2. The van der Waals surface area contributed by atoms with E-state index in [4.69, 9.17) is 0 Å². The van der Waals surface area contributed by atoms with Crippen molar-refractivity contribution >= 4 is 65.2 Å². The first kappa shape index (κ1) is 35.2. The van der Waals surface area contributed by atoms with Crippen molar-refractivity contribution in [3.63, 3.8) is 0 Å². The fraction of sp³-hybridized carbons (Fsp3) is 0. The summed E-state index contributed by atoms with van der Waals surface area (Å²) in [6.07, 6.45) is 0. The summed E-state index contributed by atoms with van der Waals surface area (Å²) in [4.78, 5) is 0. The van der Waals surface area contributed by atoms with E-state index in [9.17, 15) is 0 Å². The number of fused-ring (bicyclic) bond motifs is 11. The van der Waals surface area contributed by atoms with Crippen LogP contribution in [0.1, 0.15) is 0 Å². The van der Waals surface area contributed by atoms with Crippen LogP contribution in [0.15, 0.2) is 231 Å². The molecule has 0 aliphatic heterocycles. The third-order valence-electron chi connectivity index (χ3n) is 13.9. The summed E-state index contributed by atoms with van der Waals surface area (Å²) in [7, 11) is 0. The first-order valence-corrected chi connectivity index (χ1v) is 22.2. The summed E-state index contributed by atoms with van der Waals surface area (Å²) in [6, 6.07) is 85.1. The molecule has 0 amide bonds. The van der Waals surface area contributed by atoms with Gasteiger partial charge < -0.3 is 9.13 Å². The molecule has 0 unspecified atom stereocenters. The average Bonchev–Trinajstić information content (AvgIpc) is 4.01. The SMILES string of the molecule is c1ccc(-n2c3cc(-c4ccc5c(c4)c4ccccc4n5-c4ccc(-c5ccc(-c6ccc7c8c(cccc68)-c6ccccc6-7)cc5)cc4)ccc3c3ccc4ccccc4c32)cc1. The lowest BCUT2D eigenvalue weighted by Crippen LogP contribution is -1.94. The van der Waals surface area contributed by atoms with Crippen LogP contribution in [-0.2, 0) is 0 Å². The minimum atomic E-state index is 1.15. The molecule has 64 heavy (non-hydrogen) atoms. The zero-order chi connectivity index (χ0) is 41.9. The third kappa shape index (κ3) is 5.08. The first-order valence-electron chi connectivity index (χ1n) is 22.2. The maximum absolute atomic E-state index is 2.45. The molecule has 2 nitrogen and oxygen atoms in total. The largest absolute Gasteiger partial charge is 0.309 e. The molecule has 0 saturated heterocycles. The van der Waals surface area contributed by atoms with Crippen LogP contribution >= 0.6 is 0 Å². The van der Waals surface area contributed by atoms with Gasteiger partial charge in [-0.3, -0.25) is 0 Å². The second-order valence-corrected chi connectivity index (χ2v) is 17.2. The number of rotatable bonds is 5. The van der Waals surface area contributed by atoms with Gasteiger partial charge in [0.25, 0.3) is 0 Å². The summed E-state index contributed by atoms with van der Waals surface area (Å²) < 4.78 is 4.86. The molecule has 13 aromatic rings. The van der Waals surface area contributed by atoms with Crippen molar-refractivity contribution in [1.82, 2.24) is 9.13 Å². The smallest absolute Gasteiger partial charge is 0.0619 e. The van der Waals surface area contributed by atoms with Crippen molar-refractivity contribution in [3.05, 3.63) is 231 Å². The maximum atomic E-state index is 2.45. The Labute approximate surface area is 370 Å². The molecular weight excluding hydrogens is 773 g/mol. The Morgan fingerprint density at radius 3 is 1.61 bits per heavy atom. The van der Waals surface area contributed by atoms with E-state index in [1.807, 2.05) is 0 Å². The van der Waals surface area contributed by atoms with Crippen molar-refractivity contribution in [3.8, 4) is 67.0 Å². The van der Waals surface area contributed by atoms with Crippen molar-refractivity contribution < 1.29 is 0 Å². The van der Waals surface area contributed by atoms with E-state index in [2.05, 4.69) is 240 Å². The predicted molar refractivity (Wildman–Crippen MR) is 271 cm³/mol. The van der Waals surface area contributed by atoms with Crippen LogP contribution in [0.4, 0.5) is 0 Å². The second kappa shape index (κ2) is 13.5. The molecule has 2 heteroatoms. The Bertz CT molecular complexity index is 4010. The minimum Gasteiger partial charge on any atom is -0.309 e. The molecule has 0 atom stereocenters. The molecule has 2 aromatic heterocycles. The number of hydrogen-bond acceptors (Lipinski definition) is 0. The van der Waals surface area contributed by atoms with E-state index in [1.54, 1.807) is 0 Å². The fourth-order valence-electron chi connectivity index (χ4n) is 10.9. The van der Waals surface area contributed by atoms with Gasteiger partial charge in [-0.25, -0.2) is 0 Å². The zero-order valence-corrected chi connectivity index (χ0v) is 34.8. The molecule has 296 valence electrons. The Morgan fingerprint density at radius 2 is 0.781 bits per heavy atom. The standard InChI is InChI=1S/C62H38N2/c1-2-12-45(13-3-1)64-60-38-44(28-32-52(60)56-33-27-41-11-4-5-14-48(41)62(56)64)43-29-36-59-57(37-43)51-17-8-9-20-58(51)63(59)46-30-25-40(26-31-46)39-21-23-42(24-22-39)47-34-35-55-50-16-7-6-15-49(50)54-19-10-18-53(47)61(54)55/h1-38H. The van der Waals surface area contributed by atoms with Gasteiger partial charge in [0.1, 0.15) is 0 Å². The highest BCUT2D eigenvalue weighted by Gasteiger charge is 2.23. The van der Waals surface area contributed by atoms with Gasteiger partial charge in [0.05, 0.1) is 22.1 Å². The molecule has 0 saturated carbocycles. The number of hydrogen-bond donors (Lipinski definition) is 0. The van der Waals surface area contributed by atoms with E-state index in [1.165, 1.54) is 121 Å². The lowest BCUT2D eigenvalue weighted by molar-refractivity contribution is 1.18. The molecule has 11 aromatic carbocycles. The van der Waals surface area contributed by atoms with Gasteiger partial charge in [-0.2, -0.15) is 0 Å². The molecule has 0 N–H and O–H groups in total. The van der Waals surface area contributed by atoms with Crippen molar-refractivity contribution in [2.45, 2.75) is 0 Å². The Hall–Kier alpha value is -8.46. The lowest BCUT2D eigenvalue weighted by atomic mass is 9.93. The van der Waals surface area contributed by atoms with E-state index in [-0.39, 0.29) is 0 Å². The summed E-state index contributed by atoms with van der Waals surface area (Å²) in [5, 5.41) is 10.2. The van der Waals surface area contributed by atoms with Gasteiger partial charge in [-0.1, -0.05) is 182 Å². The highest BCUT2D eigenvalue weighted by Crippen LogP contribution is 2.49. The van der Waals surface area contributed by atoms with E-state index in [0.29, 0.717) is 0 Å². The van der Waals surface area contributed by atoms with Crippen LogP contribution < -0.4 is 0 Å². The van der Waals surface area contributed by atoms with E-state index < -0.39 is 0 Å². The van der Waals surface area contributed by atoms with Crippen LogP contribution in [0.3, 0.4) is 0 Å². The molecule has 1 aliphatic rings. The summed E-state index contributed by atoms with van der Waals surface area (Å²) >= 11 is 0. The topological polar surface area (TPSA) is 9.86 Å². The molecule has 0 fully saturated rings. The number of aromatic nitrogens is 2. The van der Waals surface area contributed by atoms with Gasteiger partial charge in [0.15, 0.2) is 0 Å². The third-order valence-corrected chi connectivity index (χ3v) is 13.9. The van der Waals surface area contributed by atoms with Crippen LogP contribution in [0.5, 0.6) is 0 Å². The quantitative estimate of drug-likeness (QED) is 0.164. The van der Waals surface area contributed by atoms with Crippen LogP contribution in [0.25, 0.3) is 132 Å². The normalized spacial score (nSPS) is 12.1. The van der Waals surface area contributed by atoms with Crippen LogP contribution in [0.2, 0.25) is 0 Å². The molecule has 0 bridgehead atoms. The average molecular weight is 811 g/mol. The van der Waals surface area contributed by atoms with Gasteiger partial charge >= 0.3 is 0 Å². The van der Waals surface area contributed by atoms with Crippen molar-refractivity contribution in [2.75, 3.05) is 0 Å². The van der Waals surface area contributed by atoms with Crippen molar-refractivity contribution in [1.29, 1.82) is 0 Å². The zero-order valence-electron chi connectivity index (χ0n) is 34.8. The Kier molecular flexibility index (Phi) is 7.43. The Morgan fingerprint density at radius 1 is 0.234 bits per heavy atom. The fourth-order valence-corrected chi connectivity index (χ4v) is 10.9. The first-order chi connectivity index (χ1) is 31.7. The maximum Gasteiger partial charge on any atom is 0.0619 e. The van der Waals surface area contributed by atoms with Crippen LogP contribution in [0, 0.1) is 0 Å². The van der Waals surface area contributed by atoms with Gasteiger partial charge in [0, 0.05) is 38.3 Å². The lowest BCUT2D eigenvalue weighted by Gasteiger charge is -2.12. The second-order valence-electron chi connectivity index (χ2n) is 17.2. The molecule has 2 heterocycles. The van der Waals surface area contributed by atoms with Gasteiger partial charge in [-0.15, -0.1) is 0 Å². The highest BCUT2D eigenvalue weighted by molar-refractivity contribution is 6.20. The molecule has 14 rings (SSSR count). The summed E-state index contributed by atoms with van der Waals surface area (Å²) in [6.45, 7) is 0. The highest BCUT2D eigenvalue weighted by atomic mass is 15.0. The monoisotopic (exact) mass is 810 g/mol. The van der Waals surface area contributed by atoms with Gasteiger partial charge in [0.2, 0.25) is 0 Å². The van der Waals surface area contributed by atoms with Crippen LogP contribution in [-0.4, -0.2) is 9.13 Å². The molecule has 0 radical (unpaired) electrons. The number of para-hydroxylation sites is 2. The summed E-state index contributed by atoms with van der Waals surface area (Å²) in [5.41, 5.74) is 19.8. The van der Waals surface area contributed by atoms with Gasteiger partial charge in [-0.05, 0) is 120 Å².